The molecule has 0 radical (unpaired) electrons. The molecule has 1 aromatic carbocycles. The molecular formula is C17H23NO. The molecule has 1 saturated heterocycles. The van der Waals surface area contributed by atoms with E-state index in [1.165, 1.54) is 42.4 Å². The zero-order chi connectivity index (χ0) is 13.2. The number of benzene rings is 1. The molecule has 1 aromatic rings. The first-order chi connectivity index (χ1) is 9.24. The first-order valence-corrected chi connectivity index (χ1v) is 7.38. The van der Waals surface area contributed by atoms with Gasteiger partial charge in [0.2, 0.25) is 0 Å². The Labute approximate surface area is 116 Å². The Morgan fingerprint density at radius 3 is 3.11 bits per heavy atom. The van der Waals surface area contributed by atoms with Crippen molar-refractivity contribution in [2.75, 3.05) is 13.7 Å². The van der Waals surface area contributed by atoms with Crippen LogP contribution in [0.2, 0.25) is 0 Å². The molecule has 0 saturated carbocycles. The molecule has 19 heavy (non-hydrogen) atoms. The van der Waals surface area contributed by atoms with E-state index in [0.29, 0.717) is 6.10 Å². The molecule has 0 bridgehead atoms. The van der Waals surface area contributed by atoms with Crippen molar-refractivity contribution >= 4 is 5.70 Å². The number of hydrogen-bond acceptors (Lipinski definition) is 2. The zero-order valence-electron chi connectivity index (χ0n) is 11.8. The lowest BCUT2D eigenvalue weighted by molar-refractivity contribution is 0.102. The van der Waals surface area contributed by atoms with E-state index in [9.17, 15) is 0 Å². The van der Waals surface area contributed by atoms with Gasteiger partial charge >= 0.3 is 0 Å². The van der Waals surface area contributed by atoms with Crippen molar-refractivity contribution in [3.05, 3.63) is 41.5 Å². The van der Waals surface area contributed by atoms with Gasteiger partial charge < -0.3 is 9.64 Å². The normalized spacial score (nSPS) is 22.1. The Bertz CT molecular complexity index is 474. The third kappa shape index (κ3) is 2.69. The third-order valence-corrected chi connectivity index (χ3v) is 4.37. The van der Waals surface area contributed by atoms with Gasteiger partial charge in [0, 0.05) is 31.5 Å². The number of nitrogens with zero attached hydrogens (tertiary/aromatic N) is 1. The summed E-state index contributed by atoms with van der Waals surface area (Å²) in [5.41, 5.74) is 5.36. The second kappa shape index (κ2) is 5.38. The second-order valence-corrected chi connectivity index (χ2v) is 5.82. The first kappa shape index (κ1) is 12.7. The summed E-state index contributed by atoms with van der Waals surface area (Å²) in [6.07, 6.45) is 6.62. The Morgan fingerprint density at radius 2 is 2.32 bits per heavy atom. The Hall–Kier alpha value is -1.28. The SMILES string of the molecule is C=C1c2cc(CCCC3CCCO3)ccc2CN1C. The van der Waals surface area contributed by atoms with Crippen molar-refractivity contribution in [2.24, 2.45) is 0 Å². The molecular weight excluding hydrogens is 234 g/mol. The minimum absolute atomic E-state index is 0.524. The maximum atomic E-state index is 5.68. The van der Waals surface area contributed by atoms with Gasteiger partial charge in [0.25, 0.3) is 0 Å². The molecule has 0 N–H and O–H groups in total. The monoisotopic (exact) mass is 257 g/mol. The highest BCUT2D eigenvalue weighted by atomic mass is 16.5. The summed E-state index contributed by atoms with van der Waals surface area (Å²) < 4.78 is 5.68. The summed E-state index contributed by atoms with van der Waals surface area (Å²) in [5.74, 6) is 0. The fourth-order valence-electron chi connectivity index (χ4n) is 3.15. The number of hydrogen-bond donors (Lipinski definition) is 0. The molecule has 2 aliphatic heterocycles. The zero-order valence-corrected chi connectivity index (χ0v) is 11.8. The molecule has 102 valence electrons. The van der Waals surface area contributed by atoms with E-state index in [4.69, 9.17) is 4.74 Å². The maximum absolute atomic E-state index is 5.68. The fraction of sp³-hybridized carbons (Fsp3) is 0.529. The third-order valence-electron chi connectivity index (χ3n) is 4.37. The molecule has 1 fully saturated rings. The summed E-state index contributed by atoms with van der Waals surface area (Å²) in [6.45, 7) is 6.14. The van der Waals surface area contributed by atoms with Gasteiger partial charge in [-0.2, -0.15) is 0 Å². The highest BCUT2D eigenvalue weighted by Gasteiger charge is 2.19. The van der Waals surface area contributed by atoms with Crippen molar-refractivity contribution in [2.45, 2.75) is 44.8 Å². The van der Waals surface area contributed by atoms with Gasteiger partial charge in [0.15, 0.2) is 0 Å². The fourth-order valence-corrected chi connectivity index (χ4v) is 3.15. The molecule has 2 nitrogen and oxygen atoms in total. The summed E-state index contributed by atoms with van der Waals surface area (Å²) in [6, 6.07) is 6.88. The van der Waals surface area contributed by atoms with Crippen molar-refractivity contribution in [3.8, 4) is 0 Å². The van der Waals surface area contributed by atoms with E-state index in [0.717, 1.165) is 25.3 Å². The highest BCUT2D eigenvalue weighted by Crippen LogP contribution is 2.31. The van der Waals surface area contributed by atoms with Crippen molar-refractivity contribution in [1.29, 1.82) is 0 Å². The van der Waals surface area contributed by atoms with Crippen LogP contribution in [0.1, 0.15) is 42.4 Å². The standard InChI is InChI=1S/C17H23NO/c1-13-17-11-14(8-9-15(17)12-18(13)2)5-3-6-16-7-4-10-19-16/h8-9,11,16H,1,3-7,10,12H2,2H3. The number of fused-ring (bicyclic) bond motifs is 1. The molecule has 1 atom stereocenters. The molecule has 2 aliphatic rings. The van der Waals surface area contributed by atoms with Crippen molar-refractivity contribution in [3.63, 3.8) is 0 Å². The largest absolute Gasteiger partial charge is 0.378 e. The Balaban J connectivity index is 1.58. The van der Waals surface area contributed by atoms with Gasteiger partial charge in [-0.1, -0.05) is 18.7 Å². The minimum Gasteiger partial charge on any atom is -0.378 e. The molecule has 0 aliphatic carbocycles. The lowest BCUT2D eigenvalue weighted by atomic mass is 10.00. The average molecular weight is 257 g/mol. The highest BCUT2D eigenvalue weighted by molar-refractivity contribution is 5.69. The van der Waals surface area contributed by atoms with Crippen LogP contribution in [0.5, 0.6) is 0 Å². The molecule has 0 aromatic heterocycles. The molecule has 3 rings (SSSR count). The number of rotatable bonds is 4. The molecule has 0 amide bonds. The van der Waals surface area contributed by atoms with Crippen molar-refractivity contribution < 1.29 is 4.74 Å². The van der Waals surface area contributed by atoms with Crippen LogP contribution in [0.4, 0.5) is 0 Å². The summed E-state index contributed by atoms with van der Waals surface area (Å²) >= 11 is 0. The van der Waals surface area contributed by atoms with E-state index in [1.54, 1.807) is 0 Å². The van der Waals surface area contributed by atoms with E-state index < -0.39 is 0 Å². The van der Waals surface area contributed by atoms with Crippen LogP contribution in [0, 0.1) is 0 Å². The number of ether oxygens (including phenoxy) is 1. The van der Waals surface area contributed by atoms with Crippen LogP contribution in [0.3, 0.4) is 0 Å². The van der Waals surface area contributed by atoms with Crippen LogP contribution in [0.15, 0.2) is 24.8 Å². The first-order valence-electron chi connectivity index (χ1n) is 7.38. The van der Waals surface area contributed by atoms with Gasteiger partial charge in [0.1, 0.15) is 0 Å². The number of aryl methyl sites for hydroxylation is 1. The maximum Gasteiger partial charge on any atom is 0.0576 e. The Kier molecular flexibility index (Phi) is 3.61. The summed E-state index contributed by atoms with van der Waals surface area (Å²) in [5, 5.41) is 0. The van der Waals surface area contributed by atoms with Gasteiger partial charge in [-0.25, -0.2) is 0 Å². The molecule has 1 unspecified atom stereocenters. The minimum atomic E-state index is 0.524. The molecule has 2 heterocycles. The van der Waals surface area contributed by atoms with E-state index in [1.807, 2.05) is 0 Å². The predicted molar refractivity (Wildman–Crippen MR) is 78.9 cm³/mol. The molecule has 2 heteroatoms. The van der Waals surface area contributed by atoms with Crippen LogP contribution < -0.4 is 0 Å². The van der Waals surface area contributed by atoms with Crippen LogP contribution in [-0.2, 0) is 17.7 Å². The van der Waals surface area contributed by atoms with E-state index >= 15 is 0 Å². The lowest BCUT2D eigenvalue weighted by Gasteiger charge is -2.11. The van der Waals surface area contributed by atoms with Crippen molar-refractivity contribution in [1.82, 2.24) is 4.90 Å². The van der Waals surface area contributed by atoms with Gasteiger partial charge in [-0.05, 0) is 49.3 Å². The van der Waals surface area contributed by atoms with Crippen LogP contribution in [-0.4, -0.2) is 24.7 Å². The van der Waals surface area contributed by atoms with Gasteiger partial charge in [-0.3, -0.25) is 0 Å². The van der Waals surface area contributed by atoms with Gasteiger partial charge in [0.05, 0.1) is 6.10 Å². The Morgan fingerprint density at radius 1 is 1.42 bits per heavy atom. The van der Waals surface area contributed by atoms with E-state index in [-0.39, 0.29) is 0 Å². The summed E-state index contributed by atoms with van der Waals surface area (Å²) in [7, 11) is 2.11. The van der Waals surface area contributed by atoms with Crippen LogP contribution in [0.25, 0.3) is 5.70 Å². The second-order valence-electron chi connectivity index (χ2n) is 5.82. The predicted octanol–water partition coefficient (Wildman–Crippen LogP) is 3.60. The lowest BCUT2D eigenvalue weighted by Crippen LogP contribution is -2.05. The van der Waals surface area contributed by atoms with E-state index in [2.05, 4.69) is 36.7 Å². The van der Waals surface area contributed by atoms with Gasteiger partial charge in [-0.15, -0.1) is 0 Å². The molecule has 0 spiro atoms. The topological polar surface area (TPSA) is 12.5 Å². The van der Waals surface area contributed by atoms with Crippen LogP contribution >= 0.6 is 0 Å². The summed E-state index contributed by atoms with van der Waals surface area (Å²) in [4.78, 5) is 2.22. The quantitative estimate of drug-likeness (QED) is 0.817. The smallest absolute Gasteiger partial charge is 0.0576 e. The average Bonchev–Trinajstić information content (AvgIpc) is 3.01.